The minimum absolute atomic E-state index is 0. The molecule has 0 aromatic carbocycles. The Balaban J connectivity index is 0.000000405. The summed E-state index contributed by atoms with van der Waals surface area (Å²) < 4.78 is 0. The van der Waals surface area contributed by atoms with Gasteiger partial charge in [-0.3, -0.25) is 0 Å². The first-order chi connectivity index (χ1) is 3.95. The summed E-state index contributed by atoms with van der Waals surface area (Å²) in [5.41, 5.74) is 0. The first kappa shape index (κ1) is 11.5. The molecule has 2 bridgehead atoms. The fourth-order valence-corrected chi connectivity index (χ4v) is 2.03. The Morgan fingerprint density at radius 1 is 0.900 bits per heavy atom. The molecule has 2 heteroatoms. The van der Waals surface area contributed by atoms with Gasteiger partial charge < -0.3 is 29.9 Å². The van der Waals surface area contributed by atoms with Crippen LogP contribution in [0.2, 0.25) is 0 Å². The van der Waals surface area contributed by atoms with Crippen molar-refractivity contribution in [2.45, 2.75) is 38.5 Å². The van der Waals surface area contributed by atoms with E-state index in [4.69, 9.17) is 0 Å². The van der Waals surface area contributed by atoms with Crippen LogP contribution in [0.4, 0.5) is 0 Å². The molecule has 0 spiro atoms. The molecule has 0 aromatic rings. The van der Waals surface area contributed by atoms with Crippen LogP contribution >= 0.6 is 0 Å². The second-order valence-corrected chi connectivity index (χ2v) is 3.23. The van der Waals surface area contributed by atoms with Gasteiger partial charge in [-0.25, -0.2) is 0 Å². The van der Waals surface area contributed by atoms with Crippen molar-refractivity contribution in [3.8, 4) is 0 Å². The Hall–Kier alpha value is 1.50. The Labute approximate surface area is 96.7 Å². The van der Waals surface area contributed by atoms with Gasteiger partial charge in [-0.15, -0.1) is 0 Å². The molecule has 0 aliphatic heterocycles. The van der Waals surface area contributed by atoms with E-state index in [1.54, 1.807) is 0 Å². The van der Waals surface area contributed by atoms with Crippen molar-refractivity contribution in [2.75, 3.05) is 0 Å². The van der Waals surface area contributed by atoms with Crippen LogP contribution in [0, 0.1) is 11.8 Å². The van der Waals surface area contributed by atoms with Crippen molar-refractivity contribution in [1.29, 1.82) is 0 Å². The topological polar surface area (TPSA) is 0 Å². The van der Waals surface area contributed by atoms with E-state index in [1.807, 2.05) is 5.92 Å². The predicted molar refractivity (Wildman–Crippen MR) is 40.2 cm³/mol. The molecular formula is C8H13IMg. The smallest absolute Gasteiger partial charge is 1.00 e. The molecule has 10 heavy (non-hydrogen) atoms. The fraction of sp³-hybridized carbons (Fsp3) is 0.875. The molecular weight excluding hydrogens is 247 g/mol. The van der Waals surface area contributed by atoms with Gasteiger partial charge in [0, 0.05) is 0 Å². The Morgan fingerprint density at radius 2 is 1.30 bits per heavy atom. The number of hydrogen-bond acceptors (Lipinski definition) is 0. The molecule has 0 saturated heterocycles. The third-order valence-corrected chi connectivity index (χ3v) is 2.72. The third-order valence-electron chi connectivity index (χ3n) is 2.72. The number of halogens is 1. The van der Waals surface area contributed by atoms with Gasteiger partial charge in [0.25, 0.3) is 0 Å². The largest absolute Gasteiger partial charge is 2.00 e. The summed E-state index contributed by atoms with van der Waals surface area (Å²) in [7, 11) is 0. The minimum Gasteiger partial charge on any atom is -1.00 e. The summed E-state index contributed by atoms with van der Waals surface area (Å²) in [5.74, 6) is 3.00. The van der Waals surface area contributed by atoms with Gasteiger partial charge in [-0.05, 0) is 5.92 Å². The van der Waals surface area contributed by atoms with Crippen LogP contribution in [0.1, 0.15) is 38.5 Å². The van der Waals surface area contributed by atoms with E-state index >= 15 is 0 Å². The van der Waals surface area contributed by atoms with Gasteiger partial charge in [0.2, 0.25) is 0 Å². The maximum atomic E-state index is 1.87. The fourth-order valence-electron chi connectivity index (χ4n) is 2.03. The molecule has 0 nitrogen and oxygen atoms in total. The van der Waals surface area contributed by atoms with Gasteiger partial charge in [0.1, 0.15) is 0 Å². The molecule has 0 unspecified atom stereocenters. The molecule has 0 amide bonds. The summed E-state index contributed by atoms with van der Waals surface area (Å²) in [6, 6.07) is 0. The molecule has 0 atom stereocenters. The number of rotatable bonds is 0. The van der Waals surface area contributed by atoms with Crippen LogP contribution in [0.25, 0.3) is 0 Å². The molecule has 0 N–H and O–H groups in total. The molecule has 0 heterocycles. The zero-order valence-electron chi connectivity index (χ0n) is 6.41. The zero-order valence-corrected chi connectivity index (χ0v) is 9.98. The Morgan fingerprint density at radius 3 is 1.40 bits per heavy atom. The second-order valence-electron chi connectivity index (χ2n) is 3.23. The molecule has 0 aromatic heterocycles. The van der Waals surface area contributed by atoms with Crippen molar-refractivity contribution in [3.05, 3.63) is 5.92 Å². The van der Waals surface area contributed by atoms with Crippen molar-refractivity contribution >= 4 is 23.1 Å². The third kappa shape index (κ3) is 2.52. The van der Waals surface area contributed by atoms with Crippen molar-refractivity contribution in [2.24, 2.45) is 5.92 Å². The van der Waals surface area contributed by atoms with Gasteiger partial charge in [0.05, 0.1) is 0 Å². The molecule has 3 saturated carbocycles. The van der Waals surface area contributed by atoms with Crippen molar-refractivity contribution in [3.63, 3.8) is 0 Å². The summed E-state index contributed by atoms with van der Waals surface area (Å²) in [6.07, 6.45) is 9.00. The maximum absolute atomic E-state index is 1.87. The molecule has 3 fully saturated rings. The van der Waals surface area contributed by atoms with E-state index in [0.717, 1.165) is 5.92 Å². The van der Waals surface area contributed by atoms with Crippen molar-refractivity contribution < 1.29 is 24.0 Å². The normalized spacial score (nSPS) is 25.2. The van der Waals surface area contributed by atoms with E-state index in [-0.39, 0.29) is 47.0 Å². The average Bonchev–Trinajstić information content (AvgIpc) is 1.92. The first-order valence-corrected chi connectivity index (χ1v) is 3.79. The summed E-state index contributed by atoms with van der Waals surface area (Å²) in [4.78, 5) is 0. The molecule has 54 valence electrons. The number of fused-ring (bicyclic) bond motifs is 3. The van der Waals surface area contributed by atoms with Gasteiger partial charge in [-0.1, -0.05) is 19.3 Å². The molecule has 0 radical (unpaired) electrons. The summed E-state index contributed by atoms with van der Waals surface area (Å²) >= 11 is 0. The van der Waals surface area contributed by atoms with Crippen LogP contribution < -0.4 is 24.0 Å². The van der Waals surface area contributed by atoms with E-state index in [1.165, 1.54) is 38.5 Å². The molecule has 3 aliphatic rings. The van der Waals surface area contributed by atoms with Crippen LogP contribution in [-0.4, -0.2) is 23.1 Å². The average molecular weight is 260 g/mol. The Kier molecular flexibility index (Phi) is 5.97. The van der Waals surface area contributed by atoms with Crippen LogP contribution in [0.5, 0.6) is 0 Å². The monoisotopic (exact) mass is 260 g/mol. The van der Waals surface area contributed by atoms with Crippen LogP contribution in [0.15, 0.2) is 0 Å². The minimum atomic E-state index is 0. The second kappa shape index (κ2) is 5.20. The quantitative estimate of drug-likeness (QED) is 0.303. The van der Waals surface area contributed by atoms with E-state index in [2.05, 4.69) is 0 Å². The number of hydrogen-bond donors (Lipinski definition) is 0. The van der Waals surface area contributed by atoms with Crippen molar-refractivity contribution in [1.82, 2.24) is 0 Å². The molecule has 3 aliphatic carbocycles. The van der Waals surface area contributed by atoms with E-state index in [9.17, 15) is 0 Å². The SMILES string of the molecule is C1CC2CC[C-]1CC2.[I-].[Mg+2]. The zero-order chi connectivity index (χ0) is 5.40. The molecule has 3 rings (SSSR count). The van der Waals surface area contributed by atoms with Crippen LogP contribution in [-0.2, 0) is 0 Å². The summed E-state index contributed by atoms with van der Waals surface area (Å²) in [6.45, 7) is 0. The van der Waals surface area contributed by atoms with Crippen LogP contribution in [0.3, 0.4) is 0 Å². The van der Waals surface area contributed by atoms with Gasteiger partial charge in [0.15, 0.2) is 0 Å². The Bertz CT molecular complexity index is 64.2. The standard InChI is InChI=1S/C8H13.HI.Mg/c1-2-8-5-3-7(1)4-6-8;;/h7H,1-6H2;1H;/q-1;;+2/p-1. The van der Waals surface area contributed by atoms with E-state index in [0.29, 0.717) is 0 Å². The summed E-state index contributed by atoms with van der Waals surface area (Å²) in [5, 5.41) is 0. The maximum Gasteiger partial charge on any atom is 2.00 e. The van der Waals surface area contributed by atoms with Gasteiger partial charge >= 0.3 is 23.1 Å². The first-order valence-electron chi connectivity index (χ1n) is 3.79. The van der Waals surface area contributed by atoms with Gasteiger partial charge in [-0.2, -0.15) is 19.3 Å². The van der Waals surface area contributed by atoms with E-state index < -0.39 is 0 Å². The predicted octanol–water partition coefficient (Wildman–Crippen LogP) is -0.832.